The van der Waals surface area contributed by atoms with Gasteiger partial charge in [-0.2, -0.15) is 18.0 Å². The summed E-state index contributed by atoms with van der Waals surface area (Å²) in [5.41, 5.74) is 0.768. The summed E-state index contributed by atoms with van der Waals surface area (Å²) in [5.74, 6) is -0.246. The van der Waals surface area contributed by atoms with Crippen molar-refractivity contribution < 1.29 is 8.42 Å². The summed E-state index contributed by atoms with van der Waals surface area (Å²) in [6.07, 6.45) is 1.25. The van der Waals surface area contributed by atoms with E-state index in [9.17, 15) is 8.42 Å². The van der Waals surface area contributed by atoms with Crippen LogP contribution in [-0.4, -0.2) is 35.8 Å². The second-order valence-corrected chi connectivity index (χ2v) is 7.13. The van der Waals surface area contributed by atoms with Crippen molar-refractivity contribution in [2.24, 2.45) is 0 Å². The van der Waals surface area contributed by atoms with Crippen molar-refractivity contribution in [2.75, 3.05) is 14.1 Å². The SMILES string of the molecule is CN(C)S(=O)(=O)n1cc(-c2ccc(Cl)cc2Cl)nc1C#N. The molecule has 0 fully saturated rings. The Hall–Kier alpha value is -1.59. The molecule has 0 radical (unpaired) electrons. The van der Waals surface area contributed by atoms with E-state index >= 15 is 0 Å². The van der Waals surface area contributed by atoms with Crippen molar-refractivity contribution in [3.8, 4) is 17.3 Å². The topological polar surface area (TPSA) is 79.0 Å². The number of rotatable bonds is 3. The van der Waals surface area contributed by atoms with Crippen LogP contribution in [0.5, 0.6) is 0 Å². The minimum absolute atomic E-state index is 0.246. The largest absolute Gasteiger partial charge is 0.309 e. The normalized spacial score (nSPS) is 11.6. The highest BCUT2D eigenvalue weighted by Crippen LogP contribution is 2.30. The van der Waals surface area contributed by atoms with Gasteiger partial charge >= 0.3 is 10.2 Å². The Morgan fingerprint density at radius 1 is 1.33 bits per heavy atom. The molecule has 0 unspecified atom stereocenters. The number of hydrogen-bond donors (Lipinski definition) is 0. The van der Waals surface area contributed by atoms with Crippen molar-refractivity contribution in [1.82, 2.24) is 13.3 Å². The first kappa shape index (κ1) is 15.8. The molecule has 2 rings (SSSR count). The number of aromatic nitrogens is 2. The Bertz CT molecular complexity index is 837. The molecule has 0 saturated carbocycles. The molecule has 0 atom stereocenters. The fourth-order valence-corrected chi connectivity index (χ4v) is 3.01. The quantitative estimate of drug-likeness (QED) is 0.856. The van der Waals surface area contributed by atoms with Gasteiger partial charge in [0, 0.05) is 24.7 Å². The van der Waals surface area contributed by atoms with Gasteiger partial charge in [-0.3, -0.25) is 0 Å². The lowest BCUT2D eigenvalue weighted by molar-refractivity contribution is 0.510. The Morgan fingerprint density at radius 2 is 2.00 bits per heavy atom. The molecule has 0 saturated heterocycles. The Kier molecular flexibility index (Phi) is 4.25. The van der Waals surface area contributed by atoms with Gasteiger partial charge in [-0.1, -0.05) is 23.2 Å². The molecule has 0 N–H and O–H groups in total. The van der Waals surface area contributed by atoms with Gasteiger partial charge in [-0.05, 0) is 18.2 Å². The van der Waals surface area contributed by atoms with Gasteiger partial charge < -0.3 is 0 Å². The van der Waals surface area contributed by atoms with Crippen molar-refractivity contribution in [3.05, 3.63) is 40.3 Å². The molecule has 9 heteroatoms. The lowest BCUT2D eigenvalue weighted by atomic mass is 10.2. The van der Waals surface area contributed by atoms with E-state index in [2.05, 4.69) is 4.98 Å². The monoisotopic (exact) mass is 344 g/mol. The van der Waals surface area contributed by atoms with E-state index in [1.54, 1.807) is 18.2 Å². The number of nitrogens with zero attached hydrogens (tertiary/aromatic N) is 4. The van der Waals surface area contributed by atoms with E-state index in [0.717, 1.165) is 8.28 Å². The van der Waals surface area contributed by atoms with Crippen LogP contribution < -0.4 is 0 Å². The maximum absolute atomic E-state index is 12.1. The summed E-state index contributed by atoms with van der Waals surface area (Å²) in [6, 6.07) is 6.49. The van der Waals surface area contributed by atoms with Gasteiger partial charge in [0.05, 0.1) is 16.9 Å². The van der Waals surface area contributed by atoms with E-state index in [1.807, 2.05) is 0 Å². The van der Waals surface area contributed by atoms with Gasteiger partial charge in [-0.25, -0.2) is 8.96 Å². The molecular formula is C12H10Cl2N4O2S. The maximum Gasteiger partial charge on any atom is 0.309 e. The van der Waals surface area contributed by atoms with Crippen molar-refractivity contribution in [3.63, 3.8) is 0 Å². The molecule has 0 aliphatic carbocycles. The molecular weight excluding hydrogens is 335 g/mol. The lowest BCUT2D eigenvalue weighted by Crippen LogP contribution is -2.29. The zero-order chi connectivity index (χ0) is 15.8. The first-order chi connectivity index (χ1) is 9.77. The van der Waals surface area contributed by atoms with E-state index in [-0.39, 0.29) is 11.5 Å². The van der Waals surface area contributed by atoms with Crippen LogP contribution in [0.3, 0.4) is 0 Å². The molecule has 1 aromatic carbocycles. The van der Waals surface area contributed by atoms with Gasteiger partial charge in [-0.15, -0.1) is 0 Å². The van der Waals surface area contributed by atoms with Crippen molar-refractivity contribution >= 4 is 33.4 Å². The van der Waals surface area contributed by atoms with E-state index in [4.69, 9.17) is 28.5 Å². The second-order valence-electron chi connectivity index (χ2n) is 4.27. The second kappa shape index (κ2) is 5.66. The molecule has 0 bridgehead atoms. The highest BCUT2D eigenvalue weighted by Gasteiger charge is 2.23. The van der Waals surface area contributed by atoms with Crippen LogP contribution in [0, 0.1) is 11.3 Å². The molecule has 110 valence electrons. The molecule has 0 amide bonds. The van der Waals surface area contributed by atoms with Gasteiger partial charge in [0.2, 0.25) is 5.82 Å². The standard InChI is InChI=1S/C12H10Cl2N4O2S/c1-17(2)21(19,20)18-7-11(16-12(18)6-15)9-4-3-8(13)5-10(9)14/h3-5,7H,1-2H3. The number of halogens is 2. The molecule has 0 aliphatic rings. The van der Waals surface area contributed by atoms with E-state index in [1.165, 1.54) is 26.4 Å². The molecule has 2 aromatic rings. The van der Waals surface area contributed by atoms with Gasteiger partial charge in [0.25, 0.3) is 0 Å². The molecule has 0 aliphatic heterocycles. The summed E-state index contributed by atoms with van der Waals surface area (Å²) in [7, 11) is -1.10. The fourth-order valence-electron chi connectivity index (χ4n) is 1.62. The summed E-state index contributed by atoms with van der Waals surface area (Å²) >= 11 is 11.9. The van der Waals surface area contributed by atoms with Crippen LogP contribution in [0.15, 0.2) is 24.4 Å². The predicted octanol–water partition coefficient (Wildman–Crippen LogP) is 2.38. The molecule has 0 spiro atoms. The van der Waals surface area contributed by atoms with Gasteiger partial charge in [0.15, 0.2) is 0 Å². The van der Waals surface area contributed by atoms with E-state index < -0.39 is 10.2 Å². The third-order valence-corrected chi connectivity index (χ3v) is 4.94. The molecule has 1 aromatic heterocycles. The summed E-state index contributed by atoms with van der Waals surface area (Å²) in [5, 5.41) is 9.83. The average Bonchev–Trinajstić information content (AvgIpc) is 2.83. The van der Waals surface area contributed by atoms with Crippen LogP contribution in [0.2, 0.25) is 10.0 Å². The summed E-state index contributed by atoms with van der Waals surface area (Å²) < 4.78 is 26.1. The molecule has 21 heavy (non-hydrogen) atoms. The highest BCUT2D eigenvalue weighted by atomic mass is 35.5. The minimum Gasteiger partial charge on any atom is -0.218 e. The number of benzene rings is 1. The number of hydrogen-bond acceptors (Lipinski definition) is 4. The highest BCUT2D eigenvalue weighted by molar-refractivity contribution is 7.87. The summed E-state index contributed by atoms with van der Waals surface area (Å²) in [6.45, 7) is 0. The minimum atomic E-state index is -3.83. The van der Waals surface area contributed by atoms with Crippen LogP contribution >= 0.6 is 23.2 Å². The zero-order valence-corrected chi connectivity index (χ0v) is 13.4. The number of imidazole rings is 1. The first-order valence-electron chi connectivity index (χ1n) is 5.65. The Balaban J connectivity index is 2.65. The van der Waals surface area contributed by atoms with Crippen LogP contribution in [0.4, 0.5) is 0 Å². The third-order valence-electron chi connectivity index (χ3n) is 2.69. The van der Waals surface area contributed by atoms with Crippen LogP contribution in [-0.2, 0) is 10.2 Å². The Morgan fingerprint density at radius 3 is 2.52 bits per heavy atom. The number of nitriles is 1. The molecule has 6 nitrogen and oxygen atoms in total. The third kappa shape index (κ3) is 2.89. The van der Waals surface area contributed by atoms with Crippen LogP contribution in [0.25, 0.3) is 11.3 Å². The maximum atomic E-state index is 12.1. The smallest absolute Gasteiger partial charge is 0.218 e. The fraction of sp³-hybridized carbons (Fsp3) is 0.167. The first-order valence-corrected chi connectivity index (χ1v) is 7.80. The van der Waals surface area contributed by atoms with Crippen molar-refractivity contribution in [2.45, 2.75) is 0 Å². The van der Waals surface area contributed by atoms with E-state index in [0.29, 0.717) is 15.6 Å². The lowest BCUT2D eigenvalue weighted by Gasteiger charge is -2.11. The van der Waals surface area contributed by atoms with Gasteiger partial charge in [0.1, 0.15) is 6.07 Å². The Labute approximate surface area is 132 Å². The predicted molar refractivity (Wildman–Crippen MR) is 80.4 cm³/mol. The van der Waals surface area contributed by atoms with Crippen LogP contribution in [0.1, 0.15) is 5.82 Å². The van der Waals surface area contributed by atoms with Crippen molar-refractivity contribution in [1.29, 1.82) is 5.26 Å². The average molecular weight is 345 g/mol. The molecule has 1 heterocycles. The zero-order valence-electron chi connectivity index (χ0n) is 11.1. The summed E-state index contributed by atoms with van der Waals surface area (Å²) in [4.78, 5) is 4.01.